The third-order valence-corrected chi connectivity index (χ3v) is 2.95. The molecule has 0 saturated carbocycles. The highest BCUT2D eigenvalue weighted by atomic mass is 16.3. The predicted molar refractivity (Wildman–Crippen MR) is 55.7 cm³/mol. The Morgan fingerprint density at radius 2 is 1.15 bits per heavy atom. The number of rotatable bonds is 6. The van der Waals surface area contributed by atoms with Gasteiger partial charge in [-0.15, -0.1) is 0 Å². The van der Waals surface area contributed by atoms with Crippen LogP contribution in [0, 0.1) is 0 Å². The van der Waals surface area contributed by atoms with Gasteiger partial charge in [0.25, 0.3) is 0 Å². The minimum absolute atomic E-state index is 0.552. The third-order valence-electron chi connectivity index (χ3n) is 2.95. The van der Waals surface area contributed by atoms with E-state index in [9.17, 15) is 10.2 Å². The molecule has 0 aromatic carbocycles. The van der Waals surface area contributed by atoms with E-state index >= 15 is 0 Å². The Labute approximate surface area is 82.0 Å². The second kappa shape index (κ2) is 4.97. The van der Waals surface area contributed by atoms with Gasteiger partial charge in [-0.25, -0.2) is 0 Å². The van der Waals surface area contributed by atoms with E-state index in [0.29, 0.717) is 0 Å². The van der Waals surface area contributed by atoms with Crippen LogP contribution in [0.5, 0.6) is 0 Å². The van der Waals surface area contributed by atoms with Gasteiger partial charge in [-0.1, -0.05) is 13.8 Å². The van der Waals surface area contributed by atoms with Gasteiger partial charge in [0, 0.05) is 0 Å². The molecule has 0 spiro atoms. The van der Waals surface area contributed by atoms with Crippen LogP contribution in [0.25, 0.3) is 0 Å². The van der Waals surface area contributed by atoms with Crippen molar-refractivity contribution in [3.63, 3.8) is 0 Å². The van der Waals surface area contributed by atoms with Gasteiger partial charge in [-0.2, -0.15) is 0 Å². The quantitative estimate of drug-likeness (QED) is 0.672. The zero-order valence-corrected chi connectivity index (χ0v) is 9.43. The van der Waals surface area contributed by atoms with Crippen LogP contribution in [0.1, 0.15) is 59.8 Å². The van der Waals surface area contributed by atoms with Crippen molar-refractivity contribution in [2.24, 2.45) is 0 Å². The van der Waals surface area contributed by atoms with Crippen LogP contribution in [0.2, 0.25) is 0 Å². The third kappa shape index (κ3) is 6.05. The summed E-state index contributed by atoms with van der Waals surface area (Å²) >= 11 is 0. The smallest absolute Gasteiger partial charge is 0.0617 e. The molecule has 2 atom stereocenters. The zero-order valence-electron chi connectivity index (χ0n) is 9.43. The second-order valence-electron chi connectivity index (χ2n) is 4.55. The Morgan fingerprint density at radius 3 is 1.38 bits per heavy atom. The molecule has 0 aliphatic rings. The molecule has 0 rings (SSSR count). The molecule has 0 bridgehead atoms. The van der Waals surface area contributed by atoms with Crippen molar-refractivity contribution < 1.29 is 10.2 Å². The van der Waals surface area contributed by atoms with Gasteiger partial charge >= 0.3 is 0 Å². The van der Waals surface area contributed by atoms with Crippen molar-refractivity contribution in [3.8, 4) is 0 Å². The summed E-state index contributed by atoms with van der Waals surface area (Å²) in [5.74, 6) is 0. The fourth-order valence-electron chi connectivity index (χ4n) is 1.20. The Bertz CT molecular complexity index is 123. The lowest BCUT2D eigenvalue weighted by Crippen LogP contribution is -2.26. The summed E-state index contributed by atoms with van der Waals surface area (Å²) in [6.07, 6.45) is 4.00. The molecule has 0 heterocycles. The molecular weight excluding hydrogens is 164 g/mol. The van der Waals surface area contributed by atoms with E-state index in [1.54, 1.807) is 0 Å². The fourth-order valence-corrected chi connectivity index (χ4v) is 1.20. The number of hydrogen-bond donors (Lipinski definition) is 2. The van der Waals surface area contributed by atoms with Crippen molar-refractivity contribution in [1.29, 1.82) is 0 Å². The van der Waals surface area contributed by atoms with Gasteiger partial charge in [0.05, 0.1) is 11.2 Å². The van der Waals surface area contributed by atoms with Gasteiger partial charge in [-0.3, -0.25) is 0 Å². The van der Waals surface area contributed by atoms with E-state index in [2.05, 4.69) is 0 Å². The van der Waals surface area contributed by atoms with Crippen LogP contribution in [0.15, 0.2) is 0 Å². The highest BCUT2D eigenvalue weighted by Gasteiger charge is 2.21. The molecule has 2 heteroatoms. The van der Waals surface area contributed by atoms with Crippen LogP contribution < -0.4 is 0 Å². The predicted octanol–water partition coefficient (Wildman–Crippen LogP) is 2.48. The van der Waals surface area contributed by atoms with Crippen molar-refractivity contribution in [2.45, 2.75) is 71.0 Å². The monoisotopic (exact) mass is 188 g/mol. The molecule has 0 aliphatic heterocycles. The summed E-state index contributed by atoms with van der Waals surface area (Å²) in [6.45, 7) is 7.68. The Kier molecular flexibility index (Phi) is 4.93. The molecule has 0 amide bonds. The molecule has 0 radical (unpaired) electrons. The minimum atomic E-state index is -0.552. The lowest BCUT2D eigenvalue weighted by molar-refractivity contribution is 0.0181. The van der Waals surface area contributed by atoms with E-state index in [0.717, 1.165) is 32.1 Å². The number of hydrogen-bond acceptors (Lipinski definition) is 2. The summed E-state index contributed by atoms with van der Waals surface area (Å²) < 4.78 is 0. The van der Waals surface area contributed by atoms with Gasteiger partial charge in [0.2, 0.25) is 0 Å². The first kappa shape index (κ1) is 12.9. The minimum Gasteiger partial charge on any atom is -0.390 e. The van der Waals surface area contributed by atoms with Crippen molar-refractivity contribution in [2.75, 3.05) is 0 Å². The maximum atomic E-state index is 9.71. The molecule has 0 saturated heterocycles. The summed E-state index contributed by atoms with van der Waals surface area (Å²) in [6, 6.07) is 0. The Morgan fingerprint density at radius 1 is 0.846 bits per heavy atom. The maximum absolute atomic E-state index is 9.71. The first-order chi connectivity index (χ1) is 5.83. The first-order valence-corrected chi connectivity index (χ1v) is 5.28. The van der Waals surface area contributed by atoms with E-state index in [-0.39, 0.29) is 0 Å². The van der Waals surface area contributed by atoms with E-state index in [1.807, 2.05) is 27.7 Å². The normalized spacial score (nSPS) is 20.8. The maximum Gasteiger partial charge on any atom is 0.0617 e. The first-order valence-electron chi connectivity index (χ1n) is 5.28. The summed E-state index contributed by atoms with van der Waals surface area (Å²) in [5.41, 5.74) is -1.10. The van der Waals surface area contributed by atoms with Crippen molar-refractivity contribution in [1.82, 2.24) is 0 Å². The second-order valence-corrected chi connectivity index (χ2v) is 4.55. The molecular formula is C11H24O2. The summed E-state index contributed by atoms with van der Waals surface area (Å²) in [4.78, 5) is 0. The highest BCUT2D eigenvalue weighted by molar-refractivity contribution is 4.75. The molecule has 2 nitrogen and oxygen atoms in total. The molecule has 13 heavy (non-hydrogen) atoms. The Balaban J connectivity index is 3.68. The summed E-state index contributed by atoms with van der Waals surface area (Å²) in [7, 11) is 0. The molecule has 0 fully saturated rings. The topological polar surface area (TPSA) is 40.5 Å². The average molecular weight is 188 g/mol. The van der Waals surface area contributed by atoms with Gasteiger partial charge < -0.3 is 10.2 Å². The summed E-state index contributed by atoms with van der Waals surface area (Å²) in [5, 5.41) is 19.4. The average Bonchev–Trinajstić information content (AvgIpc) is 2.04. The number of aliphatic hydroxyl groups is 2. The van der Waals surface area contributed by atoms with E-state index in [1.165, 1.54) is 0 Å². The van der Waals surface area contributed by atoms with Crippen LogP contribution >= 0.6 is 0 Å². The molecule has 2 N–H and O–H groups in total. The molecule has 2 unspecified atom stereocenters. The van der Waals surface area contributed by atoms with Crippen LogP contribution in [0.3, 0.4) is 0 Å². The Hall–Kier alpha value is -0.0800. The highest BCUT2D eigenvalue weighted by Crippen LogP contribution is 2.22. The van der Waals surface area contributed by atoms with Gasteiger partial charge in [0.1, 0.15) is 0 Å². The van der Waals surface area contributed by atoms with Crippen LogP contribution in [0.4, 0.5) is 0 Å². The standard InChI is InChI=1S/C11H24O2/c1-5-10(3,12)8-7-9-11(4,13)6-2/h12-13H,5-9H2,1-4H3. The van der Waals surface area contributed by atoms with Crippen molar-refractivity contribution >= 4 is 0 Å². The molecule has 0 aromatic rings. The van der Waals surface area contributed by atoms with E-state index < -0.39 is 11.2 Å². The van der Waals surface area contributed by atoms with Crippen LogP contribution in [-0.4, -0.2) is 21.4 Å². The fraction of sp³-hybridized carbons (Fsp3) is 1.00. The zero-order chi connectivity index (χ0) is 10.5. The van der Waals surface area contributed by atoms with Gasteiger partial charge in [0.15, 0.2) is 0 Å². The lowest BCUT2D eigenvalue weighted by Gasteiger charge is -2.25. The van der Waals surface area contributed by atoms with Crippen LogP contribution in [-0.2, 0) is 0 Å². The van der Waals surface area contributed by atoms with Gasteiger partial charge in [-0.05, 0) is 46.0 Å². The molecule has 80 valence electrons. The van der Waals surface area contributed by atoms with Crippen molar-refractivity contribution in [3.05, 3.63) is 0 Å². The lowest BCUT2D eigenvalue weighted by atomic mass is 9.90. The SMILES string of the molecule is CCC(C)(O)CCCC(C)(O)CC. The molecule has 0 aliphatic carbocycles. The molecule has 0 aromatic heterocycles. The largest absolute Gasteiger partial charge is 0.390 e. The van der Waals surface area contributed by atoms with E-state index in [4.69, 9.17) is 0 Å².